The molecule has 3 rings (SSSR count). The van der Waals surface area contributed by atoms with Crippen LogP contribution in [0, 0.1) is 0 Å². The summed E-state index contributed by atoms with van der Waals surface area (Å²) in [5.74, 6) is 1.02. The van der Waals surface area contributed by atoms with Crippen molar-refractivity contribution in [3.63, 3.8) is 0 Å². The number of para-hydroxylation sites is 1. The molecule has 0 aliphatic carbocycles. The van der Waals surface area contributed by atoms with Gasteiger partial charge in [0.2, 0.25) is 0 Å². The monoisotopic (exact) mass is 260 g/mol. The summed E-state index contributed by atoms with van der Waals surface area (Å²) < 4.78 is 10.9. The number of furan rings is 1. The van der Waals surface area contributed by atoms with E-state index in [9.17, 15) is 0 Å². The summed E-state index contributed by atoms with van der Waals surface area (Å²) in [4.78, 5) is 8.04. The van der Waals surface area contributed by atoms with Crippen molar-refractivity contribution >= 4 is 22.6 Å². The molecular formula is C13H9ClN2O2. The molecule has 0 bridgehead atoms. The molecule has 0 N–H and O–H groups in total. The molecule has 5 heteroatoms. The number of hydrogen-bond acceptors (Lipinski definition) is 4. The third kappa shape index (κ3) is 1.71. The standard InChI is InChI=1S/C13H9ClN2O2/c1-17-12-11(15-7-16-13(12)14)10-6-8-4-2-3-5-9(8)18-10/h2-7H,1H3. The first-order valence-corrected chi connectivity index (χ1v) is 5.71. The first-order valence-electron chi connectivity index (χ1n) is 5.33. The van der Waals surface area contributed by atoms with Crippen LogP contribution in [-0.2, 0) is 0 Å². The van der Waals surface area contributed by atoms with E-state index < -0.39 is 0 Å². The van der Waals surface area contributed by atoms with Crippen LogP contribution < -0.4 is 4.74 Å². The molecule has 0 spiro atoms. The molecule has 0 fully saturated rings. The van der Waals surface area contributed by atoms with Crippen LogP contribution in [0.5, 0.6) is 5.75 Å². The fourth-order valence-electron chi connectivity index (χ4n) is 1.81. The van der Waals surface area contributed by atoms with Gasteiger partial charge in [-0.2, -0.15) is 0 Å². The van der Waals surface area contributed by atoms with E-state index in [1.54, 1.807) is 0 Å². The number of halogens is 1. The molecule has 2 heterocycles. The zero-order chi connectivity index (χ0) is 12.5. The van der Waals surface area contributed by atoms with E-state index in [0.717, 1.165) is 11.0 Å². The maximum atomic E-state index is 5.96. The van der Waals surface area contributed by atoms with Crippen LogP contribution in [0.4, 0.5) is 0 Å². The number of methoxy groups -OCH3 is 1. The summed E-state index contributed by atoms with van der Waals surface area (Å²) in [5.41, 5.74) is 1.35. The minimum atomic E-state index is 0.267. The Morgan fingerprint density at radius 3 is 2.83 bits per heavy atom. The minimum Gasteiger partial charge on any atom is -0.491 e. The lowest BCUT2D eigenvalue weighted by molar-refractivity contribution is 0.411. The highest BCUT2D eigenvalue weighted by atomic mass is 35.5. The molecule has 90 valence electrons. The van der Waals surface area contributed by atoms with E-state index in [1.807, 2.05) is 30.3 Å². The Balaban J connectivity index is 2.23. The van der Waals surface area contributed by atoms with Gasteiger partial charge < -0.3 is 9.15 Å². The van der Waals surface area contributed by atoms with Crippen LogP contribution in [0.3, 0.4) is 0 Å². The summed E-state index contributed by atoms with van der Waals surface area (Å²) in [5, 5.41) is 1.27. The normalized spacial score (nSPS) is 10.8. The van der Waals surface area contributed by atoms with Crippen molar-refractivity contribution in [1.82, 2.24) is 9.97 Å². The Labute approximate surface area is 108 Å². The lowest BCUT2D eigenvalue weighted by Gasteiger charge is -2.05. The van der Waals surface area contributed by atoms with Crippen molar-refractivity contribution < 1.29 is 9.15 Å². The zero-order valence-electron chi connectivity index (χ0n) is 9.55. The number of hydrogen-bond donors (Lipinski definition) is 0. The molecule has 3 aromatic rings. The molecule has 0 aliphatic rings. The van der Waals surface area contributed by atoms with Gasteiger partial charge in [0.1, 0.15) is 11.9 Å². The van der Waals surface area contributed by atoms with Crippen molar-refractivity contribution in [3.8, 4) is 17.2 Å². The van der Waals surface area contributed by atoms with Crippen LogP contribution in [-0.4, -0.2) is 17.1 Å². The molecule has 0 saturated carbocycles. The number of benzene rings is 1. The number of nitrogens with zero attached hydrogens (tertiary/aromatic N) is 2. The number of aromatic nitrogens is 2. The summed E-state index contributed by atoms with van der Waals surface area (Å²) in [6, 6.07) is 9.63. The van der Waals surface area contributed by atoms with Gasteiger partial charge in [-0.1, -0.05) is 29.8 Å². The highest BCUT2D eigenvalue weighted by Gasteiger charge is 2.16. The molecule has 2 aromatic heterocycles. The number of rotatable bonds is 2. The van der Waals surface area contributed by atoms with Crippen LogP contribution in [0.25, 0.3) is 22.4 Å². The van der Waals surface area contributed by atoms with Crippen LogP contribution in [0.1, 0.15) is 0 Å². The molecule has 0 radical (unpaired) electrons. The third-order valence-corrected chi connectivity index (χ3v) is 2.89. The summed E-state index contributed by atoms with van der Waals surface area (Å²) in [6.45, 7) is 0. The van der Waals surface area contributed by atoms with Gasteiger partial charge in [0.05, 0.1) is 7.11 Å². The van der Waals surface area contributed by atoms with Crippen molar-refractivity contribution in [2.45, 2.75) is 0 Å². The van der Waals surface area contributed by atoms with E-state index in [4.69, 9.17) is 20.8 Å². The average Bonchev–Trinajstić information content (AvgIpc) is 2.82. The molecule has 4 nitrogen and oxygen atoms in total. The molecular weight excluding hydrogens is 252 g/mol. The van der Waals surface area contributed by atoms with Crippen molar-refractivity contribution in [3.05, 3.63) is 41.8 Å². The lowest BCUT2D eigenvalue weighted by Crippen LogP contribution is -1.93. The van der Waals surface area contributed by atoms with Crippen LogP contribution in [0.15, 0.2) is 41.1 Å². The molecule has 0 amide bonds. The Bertz CT molecular complexity index is 676. The summed E-state index contributed by atoms with van der Waals surface area (Å²) in [6.07, 6.45) is 1.38. The predicted molar refractivity (Wildman–Crippen MR) is 68.8 cm³/mol. The van der Waals surface area contributed by atoms with Gasteiger partial charge in [0.15, 0.2) is 22.4 Å². The molecule has 0 aliphatic heterocycles. The van der Waals surface area contributed by atoms with Gasteiger partial charge in [-0.25, -0.2) is 9.97 Å². The molecule has 0 atom stereocenters. The number of ether oxygens (including phenoxy) is 1. The Hall–Kier alpha value is -2.07. The van der Waals surface area contributed by atoms with Crippen LogP contribution >= 0.6 is 11.6 Å². The first-order chi connectivity index (χ1) is 8.79. The SMILES string of the molecule is COc1c(Cl)ncnc1-c1cc2ccccc2o1. The first kappa shape index (κ1) is 11.0. The van der Waals surface area contributed by atoms with Crippen molar-refractivity contribution in [1.29, 1.82) is 0 Å². The average molecular weight is 261 g/mol. The van der Waals surface area contributed by atoms with E-state index in [-0.39, 0.29) is 5.15 Å². The van der Waals surface area contributed by atoms with E-state index in [1.165, 1.54) is 13.4 Å². The van der Waals surface area contributed by atoms with Gasteiger partial charge in [0.25, 0.3) is 0 Å². The Kier molecular flexibility index (Phi) is 2.64. The summed E-state index contributed by atoms with van der Waals surface area (Å²) >= 11 is 5.96. The topological polar surface area (TPSA) is 48.2 Å². The van der Waals surface area contributed by atoms with Gasteiger partial charge in [-0.05, 0) is 12.1 Å². The second-order valence-electron chi connectivity index (χ2n) is 3.69. The maximum Gasteiger partial charge on any atom is 0.185 e. The molecule has 0 saturated heterocycles. The quantitative estimate of drug-likeness (QED) is 0.661. The molecule has 0 unspecified atom stereocenters. The number of fused-ring (bicyclic) bond motifs is 1. The fourth-order valence-corrected chi connectivity index (χ4v) is 2.02. The van der Waals surface area contributed by atoms with Gasteiger partial charge >= 0.3 is 0 Å². The molecule has 1 aromatic carbocycles. The minimum absolute atomic E-state index is 0.267. The van der Waals surface area contributed by atoms with E-state index >= 15 is 0 Å². The molecule has 18 heavy (non-hydrogen) atoms. The van der Waals surface area contributed by atoms with Gasteiger partial charge in [-0.3, -0.25) is 0 Å². The lowest BCUT2D eigenvalue weighted by atomic mass is 10.2. The smallest absolute Gasteiger partial charge is 0.185 e. The highest BCUT2D eigenvalue weighted by Crippen LogP contribution is 2.35. The Morgan fingerprint density at radius 2 is 2.06 bits per heavy atom. The summed E-state index contributed by atoms with van der Waals surface area (Å²) in [7, 11) is 1.52. The van der Waals surface area contributed by atoms with Gasteiger partial charge in [-0.15, -0.1) is 0 Å². The Morgan fingerprint density at radius 1 is 1.22 bits per heavy atom. The van der Waals surface area contributed by atoms with Gasteiger partial charge in [0, 0.05) is 5.39 Å². The second kappa shape index (κ2) is 4.31. The fraction of sp³-hybridized carbons (Fsp3) is 0.0769. The van der Waals surface area contributed by atoms with E-state index in [2.05, 4.69) is 9.97 Å². The third-order valence-electron chi connectivity index (χ3n) is 2.62. The largest absolute Gasteiger partial charge is 0.491 e. The second-order valence-corrected chi connectivity index (χ2v) is 4.05. The maximum absolute atomic E-state index is 5.96. The van der Waals surface area contributed by atoms with Crippen molar-refractivity contribution in [2.75, 3.05) is 7.11 Å². The predicted octanol–water partition coefficient (Wildman–Crippen LogP) is 3.55. The van der Waals surface area contributed by atoms with E-state index in [0.29, 0.717) is 17.2 Å². The zero-order valence-corrected chi connectivity index (χ0v) is 10.3. The van der Waals surface area contributed by atoms with Crippen molar-refractivity contribution in [2.24, 2.45) is 0 Å². The van der Waals surface area contributed by atoms with Crippen LogP contribution in [0.2, 0.25) is 5.15 Å². The highest BCUT2D eigenvalue weighted by molar-refractivity contribution is 6.31.